The van der Waals surface area contributed by atoms with Gasteiger partial charge in [-0.05, 0) is 12.1 Å². The van der Waals surface area contributed by atoms with E-state index in [1.807, 2.05) is 0 Å². The molecule has 0 spiro atoms. The molecule has 100 valence electrons. The van der Waals surface area contributed by atoms with Crippen LogP contribution in [0.3, 0.4) is 0 Å². The van der Waals surface area contributed by atoms with Gasteiger partial charge in [0.2, 0.25) is 5.43 Å². The topological polar surface area (TPSA) is 70.2 Å². The Morgan fingerprint density at radius 3 is 2.37 bits per heavy atom. The van der Waals surface area contributed by atoms with E-state index in [-0.39, 0.29) is 5.39 Å². The van der Waals surface area contributed by atoms with Crippen molar-refractivity contribution >= 4 is 22.5 Å². The first-order valence-corrected chi connectivity index (χ1v) is 5.25. The molecular formula is C11H5ClF3NO3. The number of H-pyrrole nitrogens is 1. The van der Waals surface area contributed by atoms with Crippen LogP contribution < -0.4 is 11.0 Å². The molecule has 0 aliphatic heterocycles. The van der Waals surface area contributed by atoms with E-state index in [1.54, 1.807) is 0 Å². The van der Waals surface area contributed by atoms with Gasteiger partial charge in [-0.15, -0.1) is 0 Å². The van der Waals surface area contributed by atoms with E-state index in [0.29, 0.717) is 18.2 Å². The number of halogens is 4. The summed E-state index contributed by atoms with van der Waals surface area (Å²) in [5.41, 5.74) is -3.44. The van der Waals surface area contributed by atoms with Gasteiger partial charge in [0.25, 0.3) is 5.56 Å². The Hall–Kier alpha value is -2.02. The fourth-order valence-corrected chi connectivity index (χ4v) is 1.89. The van der Waals surface area contributed by atoms with Crippen LogP contribution in [0, 0.1) is 0 Å². The molecule has 0 saturated heterocycles. The second-order valence-corrected chi connectivity index (χ2v) is 4.13. The average Bonchev–Trinajstić information content (AvgIpc) is 2.35. The SMILES string of the molecule is O=c1cc(O)c(=O)c2c(Cl)cc(C(F)(F)F)cc2[nH]1. The smallest absolute Gasteiger partial charge is 0.416 e. The van der Waals surface area contributed by atoms with Crippen LogP contribution in [-0.2, 0) is 6.18 Å². The lowest BCUT2D eigenvalue weighted by atomic mass is 10.1. The molecule has 0 saturated carbocycles. The number of rotatable bonds is 0. The molecule has 1 heterocycles. The van der Waals surface area contributed by atoms with E-state index in [4.69, 9.17) is 11.6 Å². The fraction of sp³-hybridized carbons (Fsp3) is 0.0909. The first-order chi connectivity index (χ1) is 8.70. The Morgan fingerprint density at radius 1 is 1.16 bits per heavy atom. The molecule has 0 fully saturated rings. The maximum Gasteiger partial charge on any atom is 0.416 e. The van der Waals surface area contributed by atoms with Gasteiger partial charge in [-0.25, -0.2) is 0 Å². The molecule has 0 aliphatic rings. The predicted molar refractivity (Wildman–Crippen MR) is 62.5 cm³/mol. The Bertz CT molecular complexity index is 783. The van der Waals surface area contributed by atoms with E-state index in [1.165, 1.54) is 0 Å². The molecule has 0 radical (unpaired) electrons. The van der Waals surface area contributed by atoms with Crippen LogP contribution >= 0.6 is 11.6 Å². The van der Waals surface area contributed by atoms with Gasteiger partial charge in [0.15, 0.2) is 5.75 Å². The molecule has 2 aromatic rings. The Morgan fingerprint density at radius 2 is 1.79 bits per heavy atom. The summed E-state index contributed by atoms with van der Waals surface area (Å²) in [4.78, 5) is 25.0. The van der Waals surface area contributed by atoms with Crippen molar-refractivity contribution in [3.63, 3.8) is 0 Å². The second kappa shape index (κ2) is 4.27. The van der Waals surface area contributed by atoms with Gasteiger partial charge in [0, 0.05) is 6.07 Å². The summed E-state index contributed by atoms with van der Waals surface area (Å²) in [6, 6.07) is 1.72. The summed E-state index contributed by atoms with van der Waals surface area (Å²) < 4.78 is 37.8. The van der Waals surface area contributed by atoms with Gasteiger partial charge in [0.1, 0.15) is 0 Å². The van der Waals surface area contributed by atoms with Crippen LogP contribution in [0.15, 0.2) is 27.8 Å². The molecule has 1 aromatic carbocycles. The number of hydrogen-bond donors (Lipinski definition) is 2. The lowest BCUT2D eigenvalue weighted by Gasteiger charge is -2.07. The zero-order valence-corrected chi connectivity index (χ0v) is 9.76. The minimum atomic E-state index is -4.67. The van der Waals surface area contributed by atoms with Crippen LogP contribution in [0.2, 0.25) is 5.02 Å². The van der Waals surface area contributed by atoms with Crippen molar-refractivity contribution < 1.29 is 18.3 Å². The highest BCUT2D eigenvalue weighted by Gasteiger charge is 2.31. The van der Waals surface area contributed by atoms with E-state index >= 15 is 0 Å². The normalized spacial score (nSPS) is 11.8. The Labute approximate surface area is 108 Å². The minimum Gasteiger partial charge on any atom is -0.504 e. The zero-order valence-electron chi connectivity index (χ0n) is 9.01. The second-order valence-electron chi connectivity index (χ2n) is 3.73. The van der Waals surface area contributed by atoms with Gasteiger partial charge in [-0.2, -0.15) is 13.2 Å². The van der Waals surface area contributed by atoms with Crippen LogP contribution in [-0.4, -0.2) is 10.1 Å². The zero-order chi connectivity index (χ0) is 14.4. The number of aromatic hydroxyl groups is 1. The lowest BCUT2D eigenvalue weighted by Crippen LogP contribution is -2.07. The van der Waals surface area contributed by atoms with Crippen molar-refractivity contribution in [3.05, 3.63) is 49.4 Å². The van der Waals surface area contributed by atoms with Crippen LogP contribution in [0.5, 0.6) is 5.75 Å². The fourth-order valence-electron chi connectivity index (χ4n) is 1.59. The molecule has 8 heteroatoms. The van der Waals surface area contributed by atoms with Crippen LogP contribution in [0.4, 0.5) is 13.2 Å². The van der Waals surface area contributed by atoms with Gasteiger partial charge in [-0.3, -0.25) is 9.59 Å². The van der Waals surface area contributed by atoms with Crippen LogP contribution in [0.1, 0.15) is 5.56 Å². The third-order valence-electron chi connectivity index (χ3n) is 2.40. The quantitative estimate of drug-likeness (QED) is 0.782. The molecule has 4 nitrogen and oxygen atoms in total. The van der Waals surface area contributed by atoms with Gasteiger partial charge >= 0.3 is 6.18 Å². The summed E-state index contributed by atoms with van der Waals surface area (Å²) in [7, 11) is 0. The maximum atomic E-state index is 12.6. The number of fused-ring (bicyclic) bond motifs is 1. The lowest BCUT2D eigenvalue weighted by molar-refractivity contribution is -0.137. The molecule has 0 unspecified atom stereocenters. The number of hydrogen-bond acceptors (Lipinski definition) is 3. The van der Waals surface area contributed by atoms with Crippen molar-refractivity contribution in [3.8, 4) is 5.75 Å². The van der Waals surface area contributed by atoms with E-state index in [9.17, 15) is 27.9 Å². The Kier molecular flexibility index (Phi) is 3.01. The molecule has 2 rings (SSSR count). The molecule has 0 aliphatic carbocycles. The molecule has 19 heavy (non-hydrogen) atoms. The number of aromatic nitrogens is 1. The van der Waals surface area contributed by atoms with Crippen molar-refractivity contribution in [1.82, 2.24) is 4.98 Å². The predicted octanol–water partition coefficient (Wildman–Crippen LogP) is 2.27. The van der Waals surface area contributed by atoms with Gasteiger partial charge in [0.05, 0.1) is 21.5 Å². The van der Waals surface area contributed by atoms with Crippen molar-refractivity contribution in [1.29, 1.82) is 0 Å². The summed E-state index contributed by atoms with van der Waals surface area (Å²) >= 11 is 5.62. The third kappa shape index (κ3) is 2.41. The molecular weight excluding hydrogens is 287 g/mol. The molecule has 1 aromatic heterocycles. The summed E-state index contributed by atoms with van der Waals surface area (Å²) in [6.45, 7) is 0. The molecule has 0 atom stereocenters. The van der Waals surface area contributed by atoms with Crippen molar-refractivity contribution in [2.75, 3.05) is 0 Å². The first kappa shape index (κ1) is 13.4. The largest absolute Gasteiger partial charge is 0.504 e. The summed E-state index contributed by atoms with van der Waals surface area (Å²) in [5.74, 6) is -0.891. The van der Waals surface area contributed by atoms with E-state index in [0.717, 1.165) is 0 Å². The number of aromatic amines is 1. The van der Waals surface area contributed by atoms with E-state index in [2.05, 4.69) is 4.98 Å². The monoisotopic (exact) mass is 291 g/mol. The standard InChI is InChI=1S/C11H5ClF3NO3/c12-5-1-4(11(13,14)15)2-6-9(5)10(19)7(17)3-8(18)16-6/h1-3H,(H,16,18)(H,17,19). The first-order valence-electron chi connectivity index (χ1n) is 4.87. The highest BCUT2D eigenvalue weighted by Crippen LogP contribution is 2.33. The number of alkyl halides is 3. The third-order valence-corrected chi connectivity index (χ3v) is 2.70. The molecule has 2 N–H and O–H groups in total. The maximum absolute atomic E-state index is 12.6. The molecule has 0 bridgehead atoms. The van der Waals surface area contributed by atoms with Crippen molar-refractivity contribution in [2.24, 2.45) is 0 Å². The summed E-state index contributed by atoms with van der Waals surface area (Å²) in [5, 5.41) is 8.42. The van der Waals surface area contributed by atoms with Crippen LogP contribution in [0.25, 0.3) is 10.9 Å². The van der Waals surface area contributed by atoms with Gasteiger partial charge < -0.3 is 10.1 Å². The number of nitrogens with one attached hydrogen (secondary N) is 1. The Balaban J connectivity index is 3.04. The number of benzene rings is 1. The molecule has 0 amide bonds. The highest BCUT2D eigenvalue weighted by molar-refractivity contribution is 6.35. The van der Waals surface area contributed by atoms with Crippen molar-refractivity contribution in [2.45, 2.75) is 6.18 Å². The van der Waals surface area contributed by atoms with Gasteiger partial charge in [-0.1, -0.05) is 11.6 Å². The average molecular weight is 292 g/mol. The van der Waals surface area contributed by atoms with E-state index < -0.39 is 39.0 Å². The minimum absolute atomic E-state index is 0.380. The highest BCUT2D eigenvalue weighted by atomic mass is 35.5. The summed E-state index contributed by atoms with van der Waals surface area (Å²) in [6.07, 6.45) is -4.67.